The lowest BCUT2D eigenvalue weighted by Gasteiger charge is -2.18. The minimum atomic E-state index is -0.186. The number of benzene rings is 3. The Morgan fingerprint density at radius 3 is 2.06 bits per heavy atom. The summed E-state index contributed by atoms with van der Waals surface area (Å²) in [5.74, 6) is -0.161. The fourth-order valence-corrected chi connectivity index (χ4v) is 5.41. The lowest BCUT2D eigenvalue weighted by molar-refractivity contribution is 0.0952. The third-order valence-electron chi connectivity index (χ3n) is 7.45. The second-order valence-electron chi connectivity index (χ2n) is 10.1. The molecular weight excluding hydrogens is 446 g/mol. The second-order valence-corrected chi connectivity index (χ2v) is 10.1. The molecule has 186 valence electrons. The van der Waals surface area contributed by atoms with Crippen molar-refractivity contribution >= 4 is 34.0 Å². The molecule has 1 aliphatic carbocycles. The number of carbonyl (C=O) groups excluding carboxylic acids is 2. The molecule has 1 aliphatic heterocycles. The first-order chi connectivity index (χ1) is 17.7. The van der Waals surface area contributed by atoms with Gasteiger partial charge in [0.05, 0.1) is 12.2 Å². The van der Waals surface area contributed by atoms with Crippen molar-refractivity contribution in [3.05, 3.63) is 77.4 Å². The Kier molecular flexibility index (Phi) is 7.75. The molecule has 0 aromatic heterocycles. The van der Waals surface area contributed by atoms with Gasteiger partial charge in [0.1, 0.15) is 0 Å². The van der Waals surface area contributed by atoms with E-state index in [1.165, 1.54) is 44.9 Å². The number of amides is 2. The van der Waals surface area contributed by atoms with E-state index in [2.05, 4.69) is 10.5 Å². The van der Waals surface area contributed by atoms with Crippen LogP contribution in [-0.4, -0.2) is 17.5 Å². The Morgan fingerprint density at radius 2 is 1.39 bits per heavy atom. The van der Waals surface area contributed by atoms with Gasteiger partial charge in [0, 0.05) is 22.2 Å². The SMILES string of the molecule is O=C(NN=C1CCCCCCCCCCC1)c1ccc(CN2C(=O)c3cccc4cccc2c34)cc1. The molecule has 1 N–H and O–H groups in total. The highest BCUT2D eigenvalue weighted by Gasteiger charge is 2.29. The molecule has 1 saturated carbocycles. The van der Waals surface area contributed by atoms with Crippen LogP contribution in [-0.2, 0) is 6.54 Å². The van der Waals surface area contributed by atoms with Gasteiger partial charge in [-0.1, -0.05) is 81.3 Å². The minimum absolute atomic E-state index is 0.0245. The quantitative estimate of drug-likeness (QED) is 0.395. The molecule has 5 rings (SSSR count). The van der Waals surface area contributed by atoms with Gasteiger partial charge in [-0.25, -0.2) is 5.43 Å². The average Bonchev–Trinajstić information content (AvgIpc) is 3.16. The number of hydrogen-bond donors (Lipinski definition) is 1. The topological polar surface area (TPSA) is 61.8 Å². The number of carbonyl (C=O) groups is 2. The van der Waals surface area contributed by atoms with Crippen LogP contribution in [0.5, 0.6) is 0 Å². The largest absolute Gasteiger partial charge is 0.303 e. The first-order valence-corrected chi connectivity index (χ1v) is 13.5. The highest BCUT2D eigenvalue weighted by atomic mass is 16.2. The molecule has 1 fully saturated rings. The Balaban J connectivity index is 1.21. The van der Waals surface area contributed by atoms with Crippen molar-refractivity contribution in [3.63, 3.8) is 0 Å². The molecule has 3 aromatic carbocycles. The van der Waals surface area contributed by atoms with Crippen molar-refractivity contribution in [2.75, 3.05) is 4.90 Å². The zero-order valence-corrected chi connectivity index (χ0v) is 21.0. The lowest BCUT2D eigenvalue weighted by atomic mass is 10.00. The van der Waals surface area contributed by atoms with Crippen LogP contribution in [0.2, 0.25) is 0 Å². The van der Waals surface area contributed by atoms with E-state index in [4.69, 9.17) is 0 Å². The summed E-state index contributed by atoms with van der Waals surface area (Å²) in [6, 6.07) is 19.4. The zero-order valence-electron chi connectivity index (χ0n) is 21.0. The average molecular weight is 482 g/mol. The van der Waals surface area contributed by atoms with Crippen LogP contribution in [0.25, 0.3) is 10.8 Å². The number of anilines is 1. The van der Waals surface area contributed by atoms with E-state index in [0.29, 0.717) is 12.1 Å². The number of hydrazone groups is 1. The molecule has 0 saturated heterocycles. The number of rotatable bonds is 4. The summed E-state index contributed by atoms with van der Waals surface area (Å²) < 4.78 is 0. The van der Waals surface area contributed by atoms with Crippen LogP contribution in [0, 0.1) is 0 Å². The van der Waals surface area contributed by atoms with Crippen LogP contribution >= 0.6 is 0 Å². The molecule has 0 unspecified atom stereocenters. The van der Waals surface area contributed by atoms with Gasteiger partial charge in [-0.2, -0.15) is 5.10 Å². The zero-order chi connectivity index (χ0) is 24.7. The van der Waals surface area contributed by atoms with Crippen LogP contribution in [0.4, 0.5) is 5.69 Å². The van der Waals surface area contributed by atoms with E-state index in [1.807, 2.05) is 65.6 Å². The molecule has 2 aliphatic rings. The van der Waals surface area contributed by atoms with Crippen LogP contribution < -0.4 is 10.3 Å². The van der Waals surface area contributed by atoms with Crippen LogP contribution in [0.3, 0.4) is 0 Å². The van der Waals surface area contributed by atoms with Gasteiger partial charge in [0.25, 0.3) is 11.8 Å². The van der Waals surface area contributed by atoms with E-state index in [9.17, 15) is 9.59 Å². The van der Waals surface area contributed by atoms with Crippen molar-refractivity contribution in [3.8, 4) is 0 Å². The van der Waals surface area contributed by atoms with Crippen molar-refractivity contribution in [1.29, 1.82) is 0 Å². The molecule has 36 heavy (non-hydrogen) atoms. The van der Waals surface area contributed by atoms with E-state index < -0.39 is 0 Å². The normalized spacial score (nSPS) is 16.9. The second kappa shape index (κ2) is 11.5. The first-order valence-electron chi connectivity index (χ1n) is 13.5. The Labute approximate surface area is 213 Å². The van der Waals surface area contributed by atoms with Gasteiger partial charge in [0.2, 0.25) is 0 Å². The maximum Gasteiger partial charge on any atom is 0.271 e. The molecule has 0 bridgehead atoms. The predicted octanol–water partition coefficient (Wildman–Crippen LogP) is 7.39. The molecular formula is C31H35N3O2. The van der Waals surface area contributed by atoms with Gasteiger partial charge in [0.15, 0.2) is 0 Å². The number of hydrogen-bond acceptors (Lipinski definition) is 3. The monoisotopic (exact) mass is 481 g/mol. The predicted molar refractivity (Wildman–Crippen MR) is 147 cm³/mol. The first kappa shape index (κ1) is 24.2. The molecule has 1 heterocycles. The summed E-state index contributed by atoms with van der Waals surface area (Å²) in [4.78, 5) is 27.6. The summed E-state index contributed by atoms with van der Waals surface area (Å²) in [5.41, 5.74) is 7.16. The van der Waals surface area contributed by atoms with Gasteiger partial charge < -0.3 is 4.90 Å². The number of nitrogens with zero attached hydrogens (tertiary/aromatic N) is 2. The minimum Gasteiger partial charge on any atom is -0.303 e. The standard InChI is InChI=1S/C31H35N3O2/c35-30(33-32-26-14-8-6-4-2-1-3-5-7-9-15-26)25-20-18-23(19-21-25)22-34-28-17-11-13-24-12-10-16-27(29(24)28)31(34)36/h10-13,16-21H,1-9,14-15,22H2,(H,33,35). The third-order valence-corrected chi connectivity index (χ3v) is 7.45. The Hall–Kier alpha value is -3.47. The van der Waals surface area contributed by atoms with Crippen molar-refractivity contribution in [2.24, 2.45) is 5.10 Å². The smallest absolute Gasteiger partial charge is 0.271 e. The van der Waals surface area contributed by atoms with Crippen molar-refractivity contribution < 1.29 is 9.59 Å². The van der Waals surface area contributed by atoms with Gasteiger partial charge in [-0.15, -0.1) is 0 Å². The van der Waals surface area contributed by atoms with E-state index >= 15 is 0 Å². The fraction of sp³-hybridized carbons (Fsp3) is 0.387. The maximum absolute atomic E-state index is 13.1. The van der Waals surface area contributed by atoms with Crippen LogP contribution in [0.15, 0.2) is 65.8 Å². The van der Waals surface area contributed by atoms with Crippen LogP contribution in [0.1, 0.15) is 96.9 Å². The molecule has 0 radical (unpaired) electrons. The molecule has 3 aromatic rings. The Morgan fingerprint density at radius 1 is 0.778 bits per heavy atom. The summed E-state index contributed by atoms with van der Waals surface area (Å²) in [6.07, 6.45) is 13.4. The highest BCUT2D eigenvalue weighted by Crippen LogP contribution is 2.38. The lowest BCUT2D eigenvalue weighted by Crippen LogP contribution is -2.26. The van der Waals surface area contributed by atoms with Crippen molar-refractivity contribution in [1.82, 2.24) is 5.43 Å². The van der Waals surface area contributed by atoms with E-state index in [1.54, 1.807) is 0 Å². The van der Waals surface area contributed by atoms with Gasteiger partial charge in [-0.3, -0.25) is 9.59 Å². The third kappa shape index (κ3) is 5.51. The summed E-state index contributed by atoms with van der Waals surface area (Å²) in [5, 5.41) is 6.61. The molecule has 5 heteroatoms. The Bertz CT molecular complexity index is 1240. The molecule has 5 nitrogen and oxygen atoms in total. The van der Waals surface area contributed by atoms with E-state index in [0.717, 1.165) is 59.0 Å². The summed E-state index contributed by atoms with van der Waals surface area (Å²) in [6.45, 7) is 0.469. The van der Waals surface area contributed by atoms with Crippen molar-refractivity contribution in [2.45, 2.75) is 77.2 Å². The van der Waals surface area contributed by atoms with E-state index in [-0.39, 0.29) is 11.8 Å². The number of nitrogens with one attached hydrogen (secondary N) is 1. The molecule has 0 atom stereocenters. The molecule has 0 spiro atoms. The highest BCUT2D eigenvalue weighted by molar-refractivity contribution is 6.24. The summed E-state index contributed by atoms with van der Waals surface area (Å²) in [7, 11) is 0. The molecule has 2 amide bonds. The van der Waals surface area contributed by atoms with Gasteiger partial charge in [-0.05, 0) is 60.9 Å². The summed E-state index contributed by atoms with van der Waals surface area (Å²) >= 11 is 0. The fourth-order valence-electron chi connectivity index (χ4n) is 5.41. The maximum atomic E-state index is 13.1. The van der Waals surface area contributed by atoms with Gasteiger partial charge >= 0.3 is 0 Å².